The minimum atomic E-state index is -0.113. The number of Topliss-reactive ketones (excluding diaryl/α,β-unsaturated/α-hetero) is 1. The Morgan fingerprint density at radius 3 is 2.03 bits per heavy atom. The molecule has 30 heavy (non-hydrogen) atoms. The predicted molar refractivity (Wildman–Crippen MR) is 115 cm³/mol. The van der Waals surface area contributed by atoms with E-state index >= 15 is 0 Å². The van der Waals surface area contributed by atoms with E-state index in [0.717, 1.165) is 5.56 Å². The topological polar surface area (TPSA) is 65.1 Å². The van der Waals surface area contributed by atoms with E-state index < -0.39 is 0 Å². The summed E-state index contributed by atoms with van der Waals surface area (Å²) in [6.45, 7) is 1.07. The van der Waals surface area contributed by atoms with Crippen LogP contribution in [0.5, 0.6) is 17.2 Å². The Balaban J connectivity index is 1.64. The van der Waals surface area contributed by atoms with Crippen LogP contribution in [0, 0.1) is 5.92 Å². The van der Waals surface area contributed by atoms with Crippen LogP contribution in [0.25, 0.3) is 0 Å². The summed E-state index contributed by atoms with van der Waals surface area (Å²) >= 11 is 5.90. The lowest BCUT2D eigenvalue weighted by atomic mass is 9.89. The highest BCUT2D eigenvalue weighted by molar-refractivity contribution is 6.30. The lowest BCUT2D eigenvalue weighted by molar-refractivity contribution is -0.123. The Kier molecular flexibility index (Phi) is 7.21. The van der Waals surface area contributed by atoms with Gasteiger partial charge in [0.05, 0.1) is 21.3 Å². The largest absolute Gasteiger partial charge is 0.493 e. The number of ether oxygens (including phenoxy) is 3. The highest BCUT2D eigenvalue weighted by atomic mass is 35.5. The van der Waals surface area contributed by atoms with Crippen molar-refractivity contribution in [2.24, 2.45) is 5.92 Å². The molecule has 2 aromatic rings. The van der Waals surface area contributed by atoms with Crippen molar-refractivity contribution in [3.63, 3.8) is 0 Å². The molecule has 0 bridgehead atoms. The molecule has 2 aromatic carbocycles. The molecular weight excluding hydrogens is 406 g/mol. The molecule has 0 unspecified atom stereocenters. The lowest BCUT2D eigenvalue weighted by Crippen LogP contribution is -2.40. The van der Waals surface area contributed by atoms with Crippen LogP contribution in [-0.4, -0.2) is 51.0 Å². The zero-order chi connectivity index (χ0) is 21.7. The number of carbonyl (C=O) groups is 2. The zero-order valence-electron chi connectivity index (χ0n) is 17.4. The van der Waals surface area contributed by atoms with E-state index in [4.69, 9.17) is 25.8 Å². The van der Waals surface area contributed by atoms with Gasteiger partial charge in [-0.05, 0) is 42.7 Å². The van der Waals surface area contributed by atoms with Crippen LogP contribution >= 0.6 is 11.6 Å². The number of nitrogens with zero attached hydrogens (tertiary/aromatic N) is 1. The van der Waals surface area contributed by atoms with Gasteiger partial charge in [0.2, 0.25) is 5.75 Å². The molecule has 0 saturated carbocycles. The Morgan fingerprint density at radius 1 is 0.967 bits per heavy atom. The summed E-state index contributed by atoms with van der Waals surface area (Å²) in [6.07, 6.45) is 1.70. The molecule has 0 radical (unpaired) electrons. The van der Waals surface area contributed by atoms with Gasteiger partial charge in [0.15, 0.2) is 11.5 Å². The van der Waals surface area contributed by atoms with Gasteiger partial charge in [-0.25, -0.2) is 0 Å². The van der Waals surface area contributed by atoms with Crippen LogP contribution in [0.15, 0.2) is 36.4 Å². The molecule has 160 valence electrons. The first-order valence-corrected chi connectivity index (χ1v) is 10.2. The molecule has 7 heteroatoms. The normalized spacial score (nSPS) is 14.3. The molecule has 0 aromatic heterocycles. The minimum absolute atomic E-state index is 0.0373. The first-order chi connectivity index (χ1) is 14.5. The van der Waals surface area contributed by atoms with E-state index in [1.54, 1.807) is 29.2 Å². The quantitative estimate of drug-likeness (QED) is 0.662. The second-order valence-corrected chi connectivity index (χ2v) is 7.69. The van der Waals surface area contributed by atoms with Crippen molar-refractivity contribution in [2.45, 2.75) is 19.3 Å². The Hall–Kier alpha value is -2.73. The fourth-order valence-electron chi connectivity index (χ4n) is 3.74. The summed E-state index contributed by atoms with van der Waals surface area (Å²) in [5, 5.41) is 0.657. The fourth-order valence-corrected chi connectivity index (χ4v) is 3.87. The van der Waals surface area contributed by atoms with E-state index in [0.29, 0.717) is 60.2 Å². The molecule has 1 aliphatic rings. The van der Waals surface area contributed by atoms with E-state index in [9.17, 15) is 9.59 Å². The monoisotopic (exact) mass is 431 g/mol. The molecule has 1 fully saturated rings. The fraction of sp³-hybridized carbons (Fsp3) is 0.391. The number of amides is 1. The summed E-state index contributed by atoms with van der Waals surface area (Å²) in [5.41, 5.74) is 1.43. The van der Waals surface area contributed by atoms with E-state index in [2.05, 4.69) is 0 Å². The van der Waals surface area contributed by atoms with Gasteiger partial charge < -0.3 is 19.1 Å². The van der Waals surface area contributed by atoms with E-state index in [1.807, 2.05) is 12.1 Å². The molecule has 1 saturated heterocycles. The third-order valence-corrected chi connectivity index (χ3v) is 5.69. The number of hydrogen-bond donors (Lipinski definition) is 0. The maximum absolute atomic E-state index is 13.0. The van der Waals surface area contributed by atoms with Gasteiger partial charge in [-0.15, -0.1) is 0 Å². The van der Waals surface area contributed by atoms with Crippen LogP contribution in [0.2, 0.25) is 5.02 Å². The molecule has 0 spiro atoms. The predicted octanol–water partition coefficient (Wildman–Crippen LogP) is 4.03. The van der Waals surface area contributed by atoms with Gasteiger partial charge in [-0.1, -0.05) is 23.7 Å². The Morgan fingerprint density at radius 2 is 1.53 bits per heavy atom. The number of likely N-dealkylation sites (tertiary alicyclic amines) is 1. The van der Waals surface area contributed by atoms with Gasteiger partial charge in [0.25, 0.3) is 5.91 Å². The number of hydrogen-bond acceptors (Lipinski definition) is 5. The maximum atomic E-state index is 13.0. The molecule has 0 aliphatic carbocycles. The van der Waals surface area contributed by atoms with Crippen molar-refractivity contribution in [1.82, 2.24) is 4.90 Å². The van der Waals surface area contributed by atoms with Gasteiger partial charge in [-0.3, -0.25) is 9.59 Å². The number of ketones is 1. The third-order valence-electron chi connectivity index (χ3n) is 5.44. The van der Waals surface area contributed by atoms with Gasteiger partial charge in [0, 0.05) is 36.0 Å². The second-order valence-electron chi connectivity index (χ2n) is 7.25. The average molecular weight is 432 g/mol. The van der Waals surface area contributed by atoms with Crippen LogP contribution in [-0.2, 0) is 11.2 Å². The number of piperidine rings is 1. The molecule has 1 heterocycles. The summed E-state index contributed by atoms with van der Waals surface area (Å²) in [5.74, 6) is 1.38. The highest BCUT2D eigenvalue weighted by Gasteiger charge is 2.28. The van der Waals surface area contributed by atoms with Crippen molar-refractivity contribution in [3.8, 4) is 17.2 Å². The number of carbonyl (C=O) groups excluding carboxylic acids is 2. The van der Waals surface area contributed by atoms with Crippen molar-refractivity contribution < 1.29 is 23.8 Å². The van der Waals surface area contributed by atoms with Gasteiger partial charge in [0.1, 0.15) is 5.78 Å². The molecule has 3 rings (SSSR count). The zero-order valence-corrected chi connectivity index (χ0v) is 18.2. The molecular formula is C23H26ClNO5. The number of methoxy groups -OCH3 is 3. The molecule has 0 N–H and O–H groups in total. The average Bonchev–Trinajstić information content (AvgIpc) is 2.79. The maximum Gasteiger partial charge on any atom is 0.254 e. The van der Waals surface area contributed by atoms with Gasteiger partial charge >= 0.3 is 0 Å². The van der Waals surface area contributed by atoms with Crippen molar-refractivity contribution in [3.05, 3.63) is 52.5 Å². The Labute approximate surface area is 181 Å². The summed E-state index contributed by atoms with van der Waals surface area (Å²) in [7, 11) is 4.56. The smallest absolute Gasteiger partial charge is 0.254 e. The van der Waals surface area contributed by atoms with Gasteiger partial charge in [-0.2, -0.15) is 0 Å². The SMILES string of the molecule is COc1cc(C(=O)N2CCC(C(=O)Cc3ccc(Cl)cc3)CC2)cc(OC)c1OC. The first-order valence-electron chi connectivity index (χ1n) is 9.83. The van der Waals surface area contributed by atoms with E-state index in [-0.39, 0.29) is 17.6 Å². The first kappa shape index (κ1) is 22.0. The number of rotatable bonds is 7. The van der Waals surface area contributed by atoms with Crippen LogP contribution < -0.4 is 14.2 Å². The van der Waals surface area contributed by atoms with Crippen molar-refractivity contribution in [1.29, 1.82) is 0 Å². The number of benzene rings is 2. The molecule has 1 amide bonds. The minimum Gasteiger partial charge on any atom is -0.493 e. The molecule has 0 atom stereocenters. The van der Waals surface area contributed by atoms with Crippen LogP contribution in [0.4, 0.5) is 0 Å². The number of halogens is 1. The molecule has 6 nitrogen and oxygen atoms in total. The van der Waals surface area contributed by atoms with Crippen LogP contribution in [0.1, 0.15) is 28.8 Å². The van der Waals surface area contributed by atoms with E-state index in [1.165, 1.54) is 21.3 Å². The summed E-state index contributed by atoms with van der Waals surface area (Å²) in [4.78, 5) is 27.4. The van der Waals surface area contributed by atoms with Crippen molar-refractivity contribution in [2.75, 3.05) is 34.4 Å². The summed E-state index contributed by atoms with van der Waals surface area (Å²) in [6, 6.07) is 10.7. The van der Waals surface area contributed by atoms with Crippen molar-refractivity contribution >= 4 is 23.3 Å². The summed E-state index contributed by atoms with van der Waals surface area (Å²) < 4.78 is 16.0. The Bertz CT molecular complexity index is 879. The standard InChI is InChI=1S/C23H26ClNO5/c1-28-20-13-17(14-21(29-2)22(20)30-3)23(27)25-10-8-16(9-11-25)19(26)12-15-4-6-18(24)7-5-15/h4-7,13-14,16H,8-12H2,1-3H3. The third kappa shape index (κ3) is 4.87. The second kappa shape index (κ2) is 9.85. The molecule has 1 aliphatic heterocycles. The lowest BCUT2D eigenvalue weighted by Gasteiger charge is -2.31. The highest BCUT2D eigenvalue weighted by Crippen LogP contribution is 2.38. The van der Waals surface area contributed by atoms with Crippen LogP contribution in [0.3, 0.4) is 0 Å².